The quantitative estimate of drug-likeness (QED) is 0.479. The Morgan fingerprint density at radius 2 is 1.55 bits per heavy atom. The highest BCUT2D eigenvalue weighted by atomic mass is 32.2. The summed E-state index contributed by atoms with van der Waals surface area (Å²) in [6.45, 7) is 3.91. The number of rotatable bonds is 3. The zero-order valence-corrected chi connectivity index (χ0v) is 22.3. The molecule has 3 heterocycles. The maximum absolute atomic E-state index is 14.4. The Labute approximate surface area is 224 Å². The Hall–Kier alpha value is -3.76. The van der Waals surface area contributed by atoms with Crippen LogP contribution in [0.2, 0.25) is 0 Å². The number of nitrogens with zero attached hydrogens (tertiary/aromatic N) is 2. The number of piperidine rings is 2. The first-order valence-electron chi connectivity index (χ1n) is 13.0. The minimum atomic E-state index is -4.14. The zero-order chi connectivity index (χ0) is 26.7. The Bertz CT molecular complexity index is 1590. The van der Waals surface area contributed by atoms with Crippen molar-refractivity contribution in [1.82, 2.24) is 4.31 Å². The SMILES string of the molecule is Cc1ccc(C#C[C@]23CCC[C@@]24CCC(N3c2ccccc2O)N(S(=O)(=O)c2ccc(C)cc2)C4=O)cc1. The predicted molar refractivity (Wildman–Crippen MR) is 146 cm³/mol. The molecule has 1 saturated carbocycles. The fourth-order valence-electron chi connectivity index (χ4n) is 6.68. The highest BCUT2D eigenvalue weighted by Crippen LogP contribution is 2.63. The second kappa shape index (κ2) is 8.64. The molecule has 7 heteroatoms. The van der Waals surface area contributed by atoms with Crippen molar-refractivity contribution in [2.24, 2.45) is 5.41 Å². The molecule has 3 aromatic carbocycles. The summed E-state index contributed by atoms with van der Waals surface area (Å²) in [6, 6.07) is 21.5. The van der Waals surface area contributed by atoms with Crippen LogP contribution < -0.4 is 4.90 Å². The fourth-order valence-corrected chi connectivity index (χ4v) is 8.30. The number of hydrogen-bond donors (Lipinski definition) is 1. The molecule has 3 atom stereocenters. The first-order valence-corrected chi connectivity index (χ1v) is 14.5. The molecule has 4 fully saturated rings. The number of para-hydroxylation sites is 2. The third kappa shape index (κ3) is 3.40. The highest BCUT2D eigenvalue weighted by molar-refractivity contribution is 7.89. The lowest BCUT2D eigenvalue weighted by atomic mass is 9.61. The van der Waals surface area contributed by atoms with Gasteiger partial charge in [-0.15, -0.1) is 0 Å². The molecule has 0 aromatic heterocycles. The van der Waals surface area contributed by atoms with E-state index in [2.05, 4.69) is 11.8 Å². The van der Waals surface area contributed by atoms with Gasteiger partial charge in [0.25, 0.3) is 10.0 Å². The van der Waals surface area contributed by atoms with Gasteiger partial charge in [0.05, 0.1) is 16.0 Å². The average molecular weight is 527 g/mol. The molecule has 38 heavy (non-hydrogen) atoms. The molecule has 1 unspecified atom stereocenters. The molecule has 6 nitrogen and oxygen atoms in total. The molecule has 1 spiro atoms. The standard InChI is InChI=1S/C31H30N2O4S/c1-22-8-12-24(13-9-22)16-21-31-19-5-18-30(31)20-17-28(32(31)26-6-3-4-7-27(26)34)33(29(30)35)38(36,37)25-14-10-23(2)11-15-25/h3-4,6-15,28,34H,5,17-20H2,1-2H3/t28?,30-,31+/m0/s1. The van der Waals surface area contributed by atoms with Gasteiger partial charge in [-0.05, 0) is 82.3 Å². The van der Waals surface area contributed by atoms with Crippen LogP contribution >= 0.6 is 0 Å². The molecule has 194 valence electrons. The van der Waals surface area contributed by atoms with E-state index in [4.69, 9.17) is 0 Å². The normalized spacial score (nSPS) is 26.2. The monoisotopic (exact) mass is 526 g/mol. The summed E-state index contributed by atoms with van der Waals surface area (Å²) in [4.78, 5) is 16.4. The van der Waals surface area contributed by atoms with Crippen LogP contribution in [0.15, 0.2) is 77.7 Å². The van der Waals surface area contributed by atoms with Crippen molar-refractivity contribution < 1.29 is 18.3 Å². The van der Waals surface area contributed by atoms with Crippen LogP contribution in [0.5, 0.6) is 5.75 Å². The zero-order valence-electron chi connectivity index (χ0n) is 21.5. The Balaban J connectivity index is 1.57. The maximum atomic E-state index is 14.4. The first kappa shape index (κ1) is 24.6. The summed E-state index contributed by atoms with van der Waals surface area (Å²) >= 11 is 0. The molecule has 7 rings (SSSR count). The summed E-state index contributed by atoms with van der Waals surface area (Å²) in [5.74, 6) is 6.49. The van der Waals surface area contributed by atoms with Crippen molar-refractivity contribution in [3.63, 3.8) is 0 Å². The van der Waals surface area contributed by atoms with Gasteiger partial charge >= 0.3 is 0 Å². The van der Waals surface area contributed by atoms with Crippen LogP contribution in [0.25, 0.3) is 0 Å². The van der Waals surface area contributed by atoms with Gasteiger partial charge in [-0.25, -0.2) is 12.7 Å². The number of carbonyl (C=O) groups is 1. The number of sulfonamides is 1. The number of carbonyl (C=O) groups excluding carboxylic acids is 1. The minimum Gasteiger partial charge on any atom is -0.506 e. The van der Waals surface area contributed by atoms with E-state index in [1.54, 1.807) is 42.5 Å². The molecular formula is C31H30N2O4S. The van der Waals surface area contributed by atoms with E-state index in [0.717, 1.165) is 27.4 Å². The van der Waals surface area contributed by atoms with E-state index in [9.17, 15) is 18.3 Å². The molecule has 2 bridgehead atoms. The Morgan fingerprint density at radius 1 is 0.895 bits per heavy atom. The third-order valence-electron chi connectivity index (χ3n) is 8.54. The van der Waals surface area contributed by atoms with E-state index < -0.39 is 27.1 Å². The summed E-state index contributed by atoms with van der Waals surface area (Å²) in [6.07, 6.45) is 2.13. The van der Waals surface area contributed by atoms with E-state index in [1.165, 1.54) is 0 Å². The summed E-state index contributed by atoms with van der Waals surface area (Å²) < 4.78 is 29.2. The second-order valence-electron chi connectivity index (χ2n) is 10.7. The number of benzene rings is 3. The number of fused-ring (bicyclic) bond motifs is 2. The van der Waals surface area contributed by atoms with Crippen LogP contribution in [0.4, 0.5) is 5.69 Å². The van der Waals surface area contributed by atoms with Gasteiger partial charge < -0.3 is 10.0 Å². The molecule has 1 amide bonds. The summed E-state index contributed by atoms with van der Waals surface area (Å²) in [5.41, 5.74) is 1.47. The van der Waals surface area contributed by atoms with Crippen molar-refractivity contribution in [2.75, 3.05) is 4.90 Å². The second-order valence-corrected chi connectivity index (χ2v) is 12.5. The number of phenols is 1. The lowest BCUT2D eigenvalue weighted by molar-refractivity contribution is -0.152. The molecule has 1 N–H and O–H groups in total. The smallest absolute Gasteiger partial charge is 0.268 e. The van der Waals surface area contributed by atoms with Crippen molar-refractivity contribution in [3.8, 4) is 17.6 Å². The van der Waals surface area contributed by atoms with Crippen molar-refractivity contribution in [3.05, 3.63) is 89.5 Å². The predicted octanol–water partition coefficient (Wildman–Crippen LogP) is 5.13. The van der Waals surface area contributed by atoms with Gasteiger partial charge in [0.2, 0.25) is 5.91 Å². The van der Waals surface area contributed by atoms with Gasteiger partial charge in [-0.2, -0.15) is 0 Å². The van der Waals surface area contributed by atoms with Crippen molar-refractivity contribution in [1.29, 1.82) is 0 Å². The van der Waals surface area contributed by atoms with E-state index >= 15 is 0 Å². The minimum absolute atomic E-state index is 0.0405. The van der Waals surface area contributed by atoms with Gasteiger partial charge in [0.15, 0.2) is 0 Å². The average Bonchev–Trinajstić information content (AvgIpc) is 3.30. The number of aromatic hydroxyl groups is 1. The molecule has 3 aromatic rings. The number of anilines is 1. The van der Waals surface area contributed by atoms with Crippen molar-refractivity contribution in [2.45, 2.75) is 62.6 Å². The van der Waals surface area contributed by atoms with Crippen LogP contribution in [-0.4, -0.2) is 35.4 Å². The van der Waals surface area contributed by atoms with Crippen LogP contribution in [0, 0.1) is 31.1 Å². The highest BCUT2D eigenvalue weighted by Gasteiger charge is 2.72. The largest absolute Gasteiger partial charge is 0.506 e. The van der Waals surface area contributed by atoms with Crippen molar-refractivity contribution >= 4 is 21.6 Å². The van der Waals surface area contributed by atoms with E-state index in [0.29, 0.717) is 31.4 Å². The Kier molecular flexibility index (Phi) is 5.59. The molecule has 3 aliphatic heterocycles. The molecule has 0 radical (unpaired) electrons. The number of phenolic OH excluding ortho intramolecular Hbond substituents is 1. The van der Waals surface area contributed by atoms with E-state index in [1.807, 2.05) is 49.1 Å². The van der Waals surface area contributed by atoms with Gasteiger partial charge in [-0.3, -0.25) is 4.79 Å². The van der Waals surface area contributed by atoms with Crippen LogP contribution in [-0.2, 0) is 14.8 Å². The molecular weight excluding hydrogens is 496 g/mol. The number of amides is 1. The maximum Gasteiger partial charge on any atom is 0.268 e. The third-order valence-corrected chi connectivity index (χ3v) is 10.3. The molecule has 1 aliphatic carbocycles. The number of aryl methyl sites for hydroxylation is 2. The van der Waals surface area contributed by atoms with Gasteiger partial charge in [0, 0.05) is 5.56 Å². The summed E-state index contributed by atoms with van der Waals surface area (Å²) in [7, 11) is -4.14. The topological polar surface area (TPSA) is 77.9 Å². The van der Waals surface area contributed by atoms with Gasteiger partial charge in [-0.1, -0.05) is 59.4 Å². The molecule has 3 saturated heterocycles. The summed E-state index contributed by atoms with van der Waals surface area (Å²) in [5, 5.41) is 11.0. The first-order chi connectivity index (χ1) is 18.2. The lowest BCUT2D eigenvalue weighted by Gasteiger charge is -2.63. The van der Waals surface area contributed by atoms with E-state index in [-0.39, 0.29) is 16.6 Å². The Morgan fingerprint density at radius 3 is 2.24 bits per heavy atom. The molecule has 4 aliphatic rings. The van der Waals surface area contributed by atoms with Crippen LogP contribution in [0.3, 0.4) is 0 Å². The fraction of sp³-hybridized carbons (Fsp3) is 0.323. The lowest BCUT2D eigenvalue weighted by Crippen LogP contribution is -2.78. The van der Waals surface area contributed by atoms with Crippen LogP contribution in [0.1, 0.15) is 48.8 Å². The van der Waals surface area contributed by atoms with Gasteiger partial charge in [0.1, 0.15) is 17.5 Å². The number of hydrogen-bond acceptors (Lipinski definition) is 5.